The summed E-state index contributed by atoms with van der Waals surface area (Å²) >= 11 is 1.35. The molecule has 7 nitrogen and oxygen atoms in total. The number of nitrogen functional groups attached to an aromatic ring is 1. The monoisotopic (exact) mass is 202 g/mol. The van der Waals surface area contributed by atoms with Gasteiger partial charge in [0.15, 0.2) is 0 Å². The van der Waals surface area contributed by atoms with Crippen LogP contribution >= 0.6 is 11.8 Å². The maximum Gasteiger partial charge on any atom is 0.234 e. The van der Waals surface area contributed by atoms with Gasteiger partial charge in [-0.25, -0.2) is 10.5 Å². The summed E-state index contributed by atoms with van der Waals surface area (Å²) in [5.41, 5.74) is 2.03. The zero-order chi connectivity index (χ0) is 9.68. The molecule has 0 aliphatic rings. The van der Waals surface area contributed by atoms with Crippen LogP contribution in [0.2, 0.25) is 0 Å². The van der Waals surface area contributed by atoms with Crippen molar-refractivity contribution in [2.75, 3.05) is 11.6 Å². The quantitative estimate of drug-likeness (QED) is 0.236. The molecule has 0 spiro atoms. The number of rotatable bonds is 4. The van der Waals surface area contributed by atoms with Crippen LogP contribution in [-0.4, -0.2) is 26.5 Å². The highest BCUT2D eigenvalue weighted by molar-refractivity contribution is 7.99. The number of aromatic nitrogens is 3. The fourth-order valence-corrected chi connectivity index (χ4v) is 1.41. The number of nitrogens with zero attached hydrogens (tertiary/aromatic N) is 3. The fourth-order valence-electron chi connectivity index (χ4n) is 0.642. The third-order valence-electron chi connectivity index (χ3n) is 1.26. The van der Waals surface area contributed by atoms with Crippen molar-refractivity contribution in [3.63, 3.8) is 0 Å². The SMILES string of the molecule is NNC(=O)CCSc1nncn1N. The first-order chi connectivity index (χ1) is 6.24. The van der Waals surface area contributed by atoms with Gasteiger partial charge in [0.05, 0.1) is 0 Å². The summed E-state index contributed by atoms with van der Waals surface area (Å²) in [4.78, 5) is 10.7. The molecular weight excluding hydrogens is 192 g/mol. The van der Waals surface area contributed by atoms with Gasteiger partial charge in [-0.15, -0.1) is 10.2 Å². The maximum absolute atomic E-state index is 10.7. The molecule has 1 aromatic rings. The van der Waals surface area contributed by atoms with Crippen LogP contribution < -0.4 is 17.1 Å². The summed E-state index contributed by atoms with van der Waals surface area (Å²) in [6.07, 6.45) is 1.72. The number of hydrogen-bond donors (Lipinski definition) is 3. The Balaban J connectivity index is 2.28. The average molecular weight is 202 g/mol. The summed E-state index contributed by atoms with van der Waals surface area (Å²) in [6.45, 7) is 0. The van der Waals surface area contributed by atoms with Gasteiger partial charge in [-0.1, -0.05) is 11.8 Å². The van der Waals surface area contributed by atoms with E-state index in [1.165, 1.54) is 22.8 Å². The molecule has 0 bridgehead atoms. The lowest BCUT2D eigenvalue weighted by atomic mass is 10.5. The molecule has 13 heavy (non-hydrogen) atoms. The van der Waals surface area contributed by atoms with Gasteiger partial charge in [0.1, 0.15) is 6.33 Å². The lowest BCUT2D eigenvalue weighted by Gasteiger charge is -1.99. The van der Waals surface area contributed by atoms with Crippen molar-refractivity contribution in [2.24, 2.45) is 5.84 Å². The van der Waals surface area contributed by atoms with E-state index in [2.05, 4.69) is 10.2 Å². The minimum Gasteiger partial charge on any atom is -0.336 e. The number of carbonyl (C=O) groups is 1. The molecule has 0 radical (unpaired) electrons. The average Bonchev–Trinajstić information content (AvgIpc) is 2.52. The smallest absolute Gasteiger partial charge is 0.234 e. The molecule has 0 unspecified atom stereocenters. The molecule has 0 saturated heterocycles. The highest BCUT2D eigenvalue weighted by atomic mass is 32.2. The van der Waals surface area contributed by atoms with Gasteiger partial charge in [0, 0.05) is 12.2 Å². The van der Waals surface area contributed by atoms with Gasteiger partial charge in [-0.2, -0.15) is 0 Å². The van der Waals surface area contributed by atoms with Crippen molar-refractivity contribution in [3.8, 4) is 0 Å². The summed E-state index contributed by atoms with van der Waals surface area (Å²) in [7, 11) is 0. The number of nitrogens with one attached hydrogen (secondary N) is 1. The van der Waals surface area contributed by atoms with Crippen LogP contribution in [0.5, 0.6) is 0 Å². The number of hydrogen-bond acceptors (Lipinski definition) is 6. The number of thioether (sulfide) groups is 1. The van der Waals surface area contributed by atoms with Gasteiger partial charge in [0.2, 0.25) is 11.1 Å². The number of nitrogens with two attached hydrogens (primary N) is 2. The summed E-state index contributed by atoms with van der Waals surface area (Å²) in [6, 6.07) is 0. The third kappa shape index (κ3) is 2.92. The molecule has 0 saturated carbocycles. The van der Waals surface area contributed by atoms with E-state index in [4.69, 9.17) is 11.7 Å². The van der Waals surface area contributed by atoms with Crippen molar-refractivity contribution >= 4 is 17.7 Å². The van der Waals surface area contributed by atoms with Crippen LogP contribution in [0.3, 0.4) is 0 Å². The summed E-state index contributed by atoms with van der Waals surface area (Å²) in [5, 5.41) is 7.88. The van der Waals surface area contributed by atoms with Crippen LogP contribution in [0.15, 0.2) is 11.5 Å². The van der Waals surface area contributed by atoms with E-state index < -0.39 is 0 Å². The van der Waals surface area contributed by atoms with Gasteiger partial charge in [-0.05, 0) is 0 Å². The van der Waals surface area contributed by atoms with Crippen LogP contribution in [0, 0.1) is 0 Å². The Morgan fingerprint density at radius 3 is 3.08 bits per heavy atom. The molecule has 72 valence electrons. The zero-order valence-electron chi connectivity index (χ0n) is 6.80. The molecule has 0 atom stereocenters. The largest absolute Gasteiger partial charge is 0.336 e. The van der Waals surface area contributed by atoms with E-state index in [9.17, 15) is 4.79 Å². The molecule has 0 aliphatic carbocycles. The first-order valence-electron chi connectivity index (χ1n) is 3.51. The Morgan fingerprint density at radius 1 is 1.77 bits per heavy atom. The minimum absolute atomic E-state index is 0.212. The molecule has 1 heterocycles. The van der Waals surface area contributed by atoms with E-state index in [0.29, 0.717) is 17.3 Å². The van der Waals surface area contributed by atoms with Gasteiger partial charge in [-0.3, -0.25) is 10.2 Å². The van der Waals surface area contributed by atoms with E-state index in [1.807, 2.05) is 5.43 Å². The maximum atomic E-state index is 10.7. The summed E-state index contributed by atoms with van der Waals surface area (Å²) in [5.74, 6) is 10.7. The van der Waals surface area contributed by atoms with Crippen molar-refractivity contribution in [2.45, 2.75) is 11.6 Å². The van der Waals surface area contributed by atoms with Gasteiger partial charge >= 0.3 is 0 Å². The fraction of sp³-hybridized carbons (Fsp3) is 0.400. The van der Waals surface area contributed by atoms with Crippen LogP contribution in [0.1, 0.15) is 6.42 Å². The molecule has 1 amide bonds. The molecule has 1 aromatic heterocycles. The van der Waals surface area contributed by atoms with Crippen molar-refractivity contribution < 1.29 is 4.79 Å². The molecule has 5 N–H and O–H groups in total. The van der Waals surface area contributed by atoms with Crippen molar-refractivity contribution in [1.82, 2.24) is 20.3 Å². The lowest BCUT2D eigenvalue weighted by Crippen LogP contribution is -2.30. The first kappa shape index (κ1) is 9.81. The minimum atomic E-state index is -0.212. The number of carbonyl (C=O) groups excluding carboxylic acids is 1. The van der Waals surface area contributed by atoms with Gasteiger partial charge in [0.25, 0.3) is 0 Å². The molecule has 0 aliphatic heterocycles. The van der Waals surface area contributed by atoms with E-state index >= 15 is 0 Å². The predicted molar refractivity (Wildman–Crippen MR) is 47.8 cm³/mol. The van der Waals surface area contributed by atoms with Crippen LogP contribution in [0.4, 0.5) is 0 Å². The first-order valence-corrected chi connectivity index (χ1v) is 4.50. The molecule has 8 heteroatoms. The Labute approximate surface area is 78.8 Å². The van der Waals surface area contributed by atoms with Crippen LogP contribution in [-0.2, 0) is 4.79 Å². The normalized spacial score (nSPS) is 9.92. The highest BCUT2D eigenvalue weighted by Gasteiger charge is 2.03. The lowest BCUT2D eigenvalue weighted by molar-refractivity contribution is -0.120. The topological polar surface area (TPSA) is 112 Å². The van der Waals surface area contributed by atoms with E-state index in [0.717, 1.165) is 0 Å². The Hall–Kier alpha value is -1.28. The van der Waals surface area contributed by atoms with E-state index in [-0.39, 0.29) is 5.91 Å². The number of amides is 1. The number of hydrazine groups is 1. The Morgan fingerprint density at radius 2 is 2.54 bits per heavy atom. The second-order valence-corrected chi connectivity index (χ2v) is 3.25. The van der Waals surface area contributed by atoms with E-state index in [1.54, 1.807) is 0 Å². The standard InChI is InChI=1S/C5H10N6OS/c6-9-4(12)1-2-13-5-10-8-3-11(5)7/h3H,1-2,6-7H2,(H,9,12). The molecular formula is C5H10N6OS. The highest BCUT2D eigenvalue weighted by Crippen LogP contribution is 2.12. The van der Waals surface area contributed by atoms with Crippen molar-refractivity contribution in [3.05, 3.63) is 6.33 Å². The molecule has 1 rings (SSSR count). The molecule has 0 aromatic carbocycles. The Kier molecular flexibility index (Phi) is 3.53. The van der Waals surface area contributed by atoms with Crippen molar-refractivity contribution in [1.29, 1.82) is 0 Å². The predicted octanol–water partition coefficient (Wildman–Crippen LogP) is -1.54. The summed E-state index contributed by atoms with van der Waals surface area (Å²) < 4.78 is 1.30. The third-order valence-corrected chi connectivity index (χ3v) is 2.22. The second-order valence-electron chi connectivity index (χ2n) is 2.19. The van der Waals surface area contributed by atoms with Gasteiger partial charge < -0.3 is 5.84 Å². The van der Waals surface area contributed by atoms with Crippen LogP contribution in [0.25, 0.3) is 0 Å². The zero-order valence-corrected chi connectivity index (χ0v) is 7.62. The second kappa shape index (κ2) is 4.67. The molecule has 0 fully saturated rings. The Bertz CT molecular complexity index is 286.